The fraction of sp³-hybridized carbons (Fsp3) is 0.476. The van der Waals surface area contributed by atoms with Crippen LogP contribution >= 0.6 is 11.8 Å². The number of hydrogen-bond donors (Lipinski definition) is 3. The summed E-state index contributed by atoms with van der Waals surface area (Å²) in [5, 5.41) is 5.50. The lowest BCUT2D eigenvalue weighted by atomic mass is 10.0. The fourth-order valence-corrected chi connectivity index (χ4v) is 3.52. The van der Waals surface area contributed by atoms with E-state index in [9.17, 15) is 27.6 Å². The molecule has 2 atom stereocenters. The number of aromatic amines is 1. The highest BCUT2D eigenvalue weighted by Gasteiger charge is 2.34. The number of para-hydroxylation sites is 1. The van der Waals surface area contributed by atoms with Gasteiger partial charge in [-0.1, -0.05) is 18.2 Å². The second kappa shape index (κ2) is 10.8. The van der Waals surface area contributed by atoms with Crippen molar-refractivity contribution < 1.29 is 37.0 Å². The number of fused-ring (bicyclic) bond motifs is 1. The Balaban J connectivity index is 2.25. The summed E-state index contributed by atoms with van der Waals surface area (Å²) in [4.78, 5) is 40.3. The standard InChI is InChI=1S/C21H26F3N3O5S/c1-20(2,3)32-19(30)27-15(9-12-10-25-14-8-6-5-7-13(12)14)17(28)26-16(18(29)31-4)11-33-21(22,23)24/h5-8,10,15-16,25H,9,11H2,1-4H3,(H,26,28)(H,27,30). The molecule has 0 radical (unpaired) electrons. The highest BCUT2D eigenvalue weighted by atomic mass is 32.2. The first kappa shape index (κ1) is 26.4. The zero-order chi connectivity index (χ0) is 24.8. The molecule has 3 N–H and O–H groups in total. The smallest absolute Gasteiger partial charge is 0.441 e. The molecule has 2 aromatic rings. The molecule has 12 heteroatoms. The van der Waals surface area contributed by atoms with Crippen molar-refractivity contribution in [2.24, 2.45) is 0 Å². The number of rotatable bonds is 8. The van der Waals surface area contributed by atoms with Gasteiger partial charge in [0.05, 0.1) is 7.11 Å². The minimum Gasteiger partial charge on any atom is -0.467 e. The van der Waals surface area contributed by atoms with Gasteiger partial charge in [-0.25, -0.2) is 9.59 Å². The van der Waals surface area contributed by atoms with Crippen molar-refractivity contribution in [1.82, 2.24) is 15.6 Å². The number of amides is 2. The highest BCUT2D eigenvalue weighted by Crippen LogP contribution is 2.30. The largest absolute Gasteiger partial charge is 0.467 e. The molecule has 1 aromatic heterocycles. The molecule has 1 aromatic carbocycles. The number of methoxy groups -OCH3 is 1. The lowest BCUT2D eigenvalue weighted by molar-refractivity contribution is -0.144. The van der Waals surface area contributed by atoms with Gasteiger partial charge < -0.3 is 25.1 Å². The predicted octanol–water partition coefficient (Wildman–Crippen LogP) is 3.51. The maximum absolute atomic E-state index is 13.0. The van der Waals surface area contributed by atoms with Gasteiger partial charge in [-0.2, -0.15) is 13.2 Å². The molecule has 33 heavy (non-hydrogen) atoms. The van der Waals surface area contributed by atoms with Crippen LogP contribution in [0.1, 0.15) is 26.3 Å². The van der Waals surface area contributed by atoms with Gasteiger partial charge in [-0.15, -0.1) is 0 Å². The summed E-state index contributed by atoms with van der Waals surface area (Å²) in [6.07, 6.45) is 0.774. The van der Waals surface area contributed by atoms with Gasteiger partial charge in [0, 0.05) is 29.3 Å². The minimum absolute atomic E-state index is 0.00457. The number of aromatic nitrogens is 1. The Morgan fingerprint density at radius 2 is 1.76 bits per heavy atom. The molecule has 182 valence electrons. The number of nitrogens with one attached hydrogen (secondary N) is 3. The topological polar surface area (TPSA) is 110 Å². The number of carbonyl (C=O) groups excluding carboxylic acids is 3. The number of ether oxygens (including phenoxy) is 2. The third-order valence-corrected chi connectivity index (χ3v) is 5.15. The molecular weight excluding hydrogens is 463 g/mol. The fourth-order valence-electron chi connectivity index (χ4n) is 2.94. The van der Waals surface area contributed by atoms with Crippen molar-refractivity contribution in [1.29, 1.82) is 0 Å². The first-order valence-electron chi connectivity index (χ1n) is 9.92. The summed E-state index contributed by atoms with van der Waals surface area (Å²) in [5.41, 5.74) is -3.96. The number of carbonyl (C=O) groups is 3. The van der Waals surface area contributed by atoms with E-state index >= 15 is 0 Å². The minimum atomic E-state index is -4.60. The van der Waals surface area contributed by atoms with Gasteiger partial charge in [0.2, 0.25) is 5.91 Å². The zero-order valence-corrected chi connectivity index (χ0v) is 19.4. The molecule has 2 rings (SSSR count). The number of halogens is 3. The molecule has 8 nitrogen and oxygen atoms in total. The van der Waals surface area contributed by atoms with Crippen LogP contribution in [0.2, 0.25) is 0 Å². The van der Waals surface area contributed by atoms with Gasteiger partial charge in [0.15, 0.2) is 0 Å². The molecule has 0 spiro atoms. The molecule has 0 aliphatic carbocycles. The maximum atomic E-state index is 13.0. The SMILES string of the molecule is COC(=O)C(CSC(F)(F)F)NC(=O)C(Cc1c[nH]c2ccccc12)NC(=O)OC(C)(C)C. The predicted molar refractivity (Wildman–Crippen MR) is 118 cm³/mol. The summed E-state index contributed by atoms with van der Waals surface area (Å²) in [7, 11) is 1.00. The van der Waals surface area contributed by atoms with Crippen LogP contribution in [-0.2, 0) is 25.5 Å². The van der Waals surface area contributed by atoms with Crippen molar-refractivity contribution in [2.75, 3.05) is 12.9 Å². The lowest BCUT2D eigenvalue weighted by Gasteiger charge is -2.25. The third kappa shape index (κ3) is 8.52. The molecule has 0 aliphatic rings. The van der Waals surface area contributed by atoms with E-state index in [-0.39, 0.29) is 6.42 Å². The quantitative estimate of drug-likeness (QED) is 0.490. The Hall–Kier alpha value is -2.89. The number of alkyl halides is 3. The van der Waals surface area contributed by atoms with Gasteiger partial charge >= 0.3 is 17.6 Å². The Morgan fingerprint density at radius 3 is 2.36 bits per heavy atom. The summed E-state index contributed by atoms with van der Waals surface area (Å²) < 4.78 is 47.6. The molecule has 2 amide bonds. The van der Waals surface area contributed by atoms with E-state index in [0.717, 1.165) is 18.0 Å². The van der Waals surface area contributed by atoms with Crippen LogP contribution < -0.4 is 10.6 Å². The van der Waals surface area contributed by atoms with Crippen molar-refractivity contribution in [3.8, 4) is 0 Å². The van der Waals surface area contributed by atoms with Crippen molar-refractivity contribution in [2.45, 2.75) is 50.4 Å². The first-order valence-corrected chi connectivity index (χ1v) is 10.9. The highest BCUT2D eigenvalue weighted by molar-refractivity contribution is 8.00. The van der Waals surface area contributed by atoms with Crippen LogP contribution in [0.3, 0.4) is 0 Å². The average Bonchev–Trinajstić information content (AvgIpc) is 3.10. The number of benzene rings is 1. The zero-order valence-electron chi connectivity index (χ0n) is 18.5. The second-order valence-corrected chi connectivity index (χ2v) is 9.19. The Kier molecular flexibility index (Phi) is 8.64. The van der Waals surface area contributed by atoms with Crippen molar-refractivity contribution in [3.63, 3.8) is 0 Å². The van der Waals surface area contributed by atoms with Crippen LogP contribution in [0.15, 0.2) is 30.5 Å². The van der Waals surface area contributed by atoms with Crippen LogP contribution in [0.5, 0.6) is 0 Å². The normalized spacial score (nSPS) is 13.8. The van der Waals surface area contributed by atoms with Gasteiger partial charge in [-0.05, 0) is 44.2 Å². The van der Waals surface area contributed by atoms with Crippen molar-refractivity contribution >= 4 is 40.6 Å². The monoisotopic (exact) mass is 489 g/mol. The van der Waals surface area contributed by atoms with Gasteiger partial charge in [0.25, 0.3) is 0 Å². The molecule has 0 saturated carbocycles. The summed E-state index contributed by atoms with van der Waals surface area (Å²) in [5.74, 6) is -2.68. The van der Waals surface area contributed by atoms with E-state index in [0.29, 0.717) is 5.56 Å². The van der Waals surface area contributed by atoms with Crippen LogP contribution in [0, 0.1) is 0 Å². The second-order valence-electron chi connectivity index (χ2n) is 8.10. The third-order valence-electron chi connectivity index (χ3n) is 4.32. The summed E-state index contributed by atoms with van der Waals surface area (Å²) in [6, 6.07) is 4.47. The number of thioether (sulfide) groups is 1. The molecular formula is C21H26F3N3O5S. The summed E-state index contributed by atoms with van der Waals surface area (Å²) >= 11 is -0.465. The van der Waals surface area contributed by atoms with Gasteiger partial charge in [-0.3, -0.25) is 4.79 Å². The first-order chi connectivity index (χ1) is 15.3. The molecule has 0 fully saturated rings. The van der Waals surface area contributed by atoms with Crippen LogP contribution in [0.25, 0.3) is 10.9 Å². The molecule has 0 bridgehead atoms. The number of esters is 1. The Bertz CT molecular complexity index is 987. The number of H-pyrrole nitrogens is 1. The van der Waals surface area contributed by atoms with E-state index in [1.165, 1.54) is 0 Å². The Morgan fingerprint density at radius 1 is 1.09 bits per heavy atom. The van der Waals surface area contributed by atoms with Gasteiger partial charge in [0.1, 0.15) is 17.7 Å². The molecule has 0 aliphatic heterocycles. The van der Waals surface area contributed by atoms with E-state index in [2.05, 4.69) is 20.4 Å². The van der Waals surface area contributed by atoms with Crippen LogP contribution in [-0.4, -0.2) is 59.0 Å². The van der Waals surface area contributed by atoms with E-state index < -0.39 is 58.7 Å². The number of hydrogen-bond acceptors (Lipinski definition) is 6. The lowest BCUT2D eigenvalue weighted by Crippen LogP contribution is -2.54. The Labute approximate surface area is 192 Å². The molecule has 1 heterocycles. The molecule has 2 unspecified atom stereocenters. The average molecular weight is 490 g/mol. The molecule has 0 saturated heterocycles. The van der Waals surface area contributed by atoms with Crippen LogP contribution in [0.4, 0.5) is 18.0 Å². The van der Waals surface area contributed by atoms with E-state index in [4.69, 9.17) is 4.74 Å². The number of alkyl carbamates (subject to hydrolysis) is 1. The van der Waals surface area contributed by atoms with Crippen molar-refractivity contribution in [3.05, 3.63) is 36.0 Å². The van der Waals surface area contributed by atoms with E-state index in [1.807, 2.05) is 18.2 Å². The maximum Gasteiger partial charge on any atom is 0.441 e. The summed E-state index contributed by atoms with van der Waals surface area (Å²) in [6.45, 7) is 4.93. The van der Waals surface area contributed by atoms with E-state index in [1.54, 1.807) is 33.0 Å².